The molecule has 1 saturated heterocycles. The number of carbonyl (C=O) groups is 3. The molecule has 1 heterocycles. The summed E-state index contributed by atoms with van der Waals surface area (Å²) in [5, 5.41) is 13.6. The van der Waals surface area contributed by atoms with Gasteiger partial charge in [-0.15, -0.1) is 0 Å². The van der Waals surface area contributed by atoms with Gasteiger partial charge in [0.05, 0.1) is 13.0 Å². The second-order valence-corrected chi connectivity index (χ2v) is 2.76. The lowest BCUT2D eigenvalue weighted by molar-refractivity contribution is -0.155. The highest BCUT2D eigenvalue weighted by molar-refractivity contribution is 5.81. The largest absolute Gasteiger partial charge is 0.434 e. The molecule has 78 valence electrons. The average molecular weight is 202 g/mol. The van der Waals surface area contributed by atoms with E-state index in [1.807, 2.05) is 0 Å². The standard InChI is InChI=1S/C7H10N2O5/c10-3-8-2-5(11)9-4-1-6(12)14-7(4)13/h3-4,7,13H,1-2H2,(H,8,10)(H,9,11). The van der Waals surface area contributed by atoms with Crippen LogP contribution in [-0.4, -0.2) is 42.3 Å². The lowest BCUT2D eigenvalue weighted by Gasteiger charge is -2.13. The molecule has 1 fully saturated rings. The summed E-state index contributed by atoms with van der Waals surface area (Å²) < 4.78 is 4.39. The maximum Gasteiger partial charge on any atom is 0.310 e. The number of cyclic esters (lactones) is 1. The molecule has 0 aromatic heterocycles. The normalized spacial score (nSPS) is 25.4. The molecule has 2 unspecified atom stereocenters. The topological polar surface area (TPSA) is 105 Å². The second kappa shape index (κ2) is 4.56. The van der Waals surface area contributed by atoms with Gasteiger partial charge in [-0.1, -0.05) is 0 Å². The molecule has 1 aliphatic rings. The van der Waals surface area contributed by atoms with Crippen molar-refractivity contribution in [1.82, 2.24) is 10.6 Å². The van der Waals surface area contributed by atoms with Gasteiger partial charge in [-0.2, -0.15) is 0 Å². The number of carbonyl (C=O) groups excluding carboxylic acids is 3. The summed E-state index contributed by atoms with van der Waals surface area (Å²) in [7, 11) is 0. The summed E-state index contributed by atoms with van der Waals surface area (Å²) >= 11 is 0. The molecule has 0 aromatic carbocycles. The van der Waals surface area contributed by atoms with Gasteiger partial charge in [-0.05, 0) is 0 Å². The van der Waals surface area contributed by atoms with Gasteiger partial charge in [0.15, 0.2) is 0 Å². The summed E-state index contributed by atoms with van der Waals surface area (Å²) in [6, 6.07) is -0.733. The van der Waals surface area contributed by atoms with Crippen LogP contribution in [0.3, 0.4) is 0 Å². The van der Waals surface area contributed by atoms with Crippen molar-refractivity contribution in [2.24, 2.45) is 0 Å². The van der Waals surface area contributed by atoms with Crippen LogP contribution in [0, 0.1) is 0 Å². The van der Waals surface area contributed by atoms with Gasteiger partial charge in [0.2, 0.25) is 18.6 Å². The van der Waals surface area contributed by atoms with Crippen molar-refractivity contribution < 1.29 is 24.2 Å². The first-order valence-electron chi connectivity index (χ1n) is 3.97. The maximum absolute atomic E-state index is 11.0. The van der Waals surface area contributed by atoms with Crippen LogP contribution in [0.4, 0.5) is 0 Å². The molecule has 1 rings (SSSR count). The van der Waals surface area contributed by atoms with Crippen molar-refractivity contribution in [1.29, 1.82) is 0 Å². The van der Waals surface area contributed by atoms with Gasteiger partial charge in [0.25, 0.3) is 0 Å². The Morgan fingerprint density at radius 2 is 2.43 bits per heavy atom. The van der Waals surface area contributed by atoms with Gasteiger partial charge >= 0.3 is 5.97 Å². The van der Waals surface area contributed by atoms with E-state index < -0.39 is 24.2 Å². The van der Waals surface area contributed by atoms with Crippen LogP contribution in [0.5, 0.6) is 0 Å². The molecule has 7 heteroatoms. The minimum absolute atomic E-state index is 0.0615. The number of esters is 1. The highest BCUT2D eigenvalue weighted by Gasteiger charge is 2.34. The first-order valence-corrected chi connectivity index (χ1v) is 3.97. The molecule has 2 amide bonds. The Morgan fingerprint density at radius 1 is 1.71 bits per heavy atom. The summed E-state index contributed by atoms with van der Waals surface area (Å²) in [6.45, 7) is -0.194. The third-order valence-corrected chi connectivity index (χ3v) is 1.68. The molecular weight excluding hydrogens is 192 g/mol. The molecule has 0 aromatic rings. The fraction of sp³-hybridized carbons (Fsp3) is 0.571. The molecule has 0 bridgehead atoms. The quantitative estimate of drug-likeness (QED) is 0.345. The summed E-state index contributed by atoms with van der Waals surface area (Å²) in [6.07, 6.45) is -0.983. The van der Waals surface area contributed by atoms with Crippen molar-refractivity contribution in [3.63, 3.8) is 0 Å². The van der Waals surface area contributed by atoms with Crippen molar-refractivity contribution in [3.05, 3.63) is 0 Å². The van der Waals surface area contributed by atoms with Crippen LogP contribution in [0.15, 0.2) is 0 Å². The number of aliphatic hydroxyl groups is 1. The lowest BCUT2D eigenvalue weighted by atomic mass is 10.2. The number of ether oxygens (including phenoxy) is 1. The Kier molecular flexibility index (Phi) is 3.41. The van der Waals surface area contributed by atoms with E-state index in [2.05, 4.69) is 15.4 Å². The zero-order valence-electron chi connectivity index (χ0n) is 7.23. The van der Waals surface area contributed by atoms with Crippen molar-refractivity contribution in [3.8, 4) is 0 Å². The molecule has 0 aliphatic carbocycles. The van der Waals surface area contributed by atoms with E-state index in [0.29, 0.717) is 6.41 Å². The molecular formula is C7H10N2O5. The minimum atomic E-state index is -1.30. The molecule has 14 heavy (non-hydrogen) atoms. The molecule has 2 atom stereocenters. The maximum atomic E-state index is 11.0. The summed E-state index contributed by atoms with van der Waals surface area (Å²) in [5.74, 6) is -1.05. The first-order chi connectivity index (χ1) is 6.63. The van der Waals surface area contributed by atoms with E-state index in [0.717, 1.165) is 0 Å². The molecule has 0 spiro atoms. The summed E-state index contributed by atoms with van der Waals surface area (Å²) in [4.78, 5) is 31.5. The average Bonchev–Trinajstić information content (AvgIpc) is 2.42. The zero-order chi connectivity index (χ0) is 10.6. The fourth-order valence-corrected chi connectivity index (χ4v) is 1.06. The summed E-state index contributed by atoms with van der Waals surface area (Å²) in [5.41, 5.74) is 0. The Balaban J connectivity index is 2.33. The van der Waals surface area contributed by atoms with Crippen LogP contribution in [0.25, 0.3) is 0 Å². The Labute approximate surface area is 79.4 Å². The molecule has 1 aliphatic heterocycles. The Hall–Kier alpha value is -1.63. The predicted molar refractivity (Wildman–Crippen MR) is 42.7 cm³/mol. The fourth-order valence-electron chi connectivity index (χ4n) is 1.06. The molecule has 7 nitrogen and oxygen atoms in total. The van der Waals surface area contributed by atoms with Crippen LogP contribution in [0.2, 0.25) is 0 Å². The first kappa shape index (κ1) is 10.5. The van der Waals surface area contributed by atoms with Crippen LogP contribution >= 0.6 is 0 Å². The Bertz CT molecular complexity index is 254. The monoisotopic (exact) mass is 202 g/mol. The van der Waals surface area contributed by atoms with E-state index in [1.165, 1.54) is 0 Å². The van der Waals surface area contributed by atoms with Gasteiger partial charge < -0.3 is 20.5 Å². The van der Waals surface area contributed by atoms with Gasteiger partial charge in [0.1, 0.15) is 6.04 Å². The van der Waals surface area contributed by atoms with Crippen molar-refractivity contribution in [2.75, 3.05) is 6.54 Å². The highest BCUT2D eigenvalue weighted by Crippen LogP contribution is 2.11. The number of hydrogen-bond donors (Lipinski definition) is 3. The zero-order valence-corrected chi connectivity index (χ0v) is 7.23. The van der Waals surface area contributed by atoms with Gasteiger partial charge in [-0.25, -0.2) is 0 Å². The number of amides is 2. The smallest absolute Gasteiger partial charge is 0.310 e. The number of aliphatic hydroxyl groups excluding tert-OH is 1. The van der Waals surface area contributed by atoms with E-state index in [4.69, 9.17) is 5.11 Å². The highest BCUT2D eigenvalue weighted by atomic mass is 16.6. The predicted octanol–water partition coefficient (Wildman–Crippen LogP) is -2.52. The third kappa shape index (κ3) is 2.70. The Morgan fingerprint density at radius 3 is 2.93 bits per heavy atom. The van der Waals surface area contributed by atoms with Crippen LogP contribution in [0.1, 0.15) is 6.42 Å². The third-order valence-electron chi connectivity index (χ3n) is 1.68. The van der Waals surface area contributed by atoms with Crippen LogP contribution in [-0.2, 0) is 19.1 Å². The second-order valence-electron chi connectivity index (χ2n) is 2.76. The van der Waals surface area contributed by atoms with E-state index in [9.17, 15) is 14.4 Å². The lowest BCUT2D eigenvalue weighted by Crippen LogP contribution is -2.44. The minimum Gasteiger partial charge on any atom is -0.434 e. The van der Waals surface area contributed by atoms with Gasteiger partial charge in [-0.3, -0.25) is 14.4 Å². The van der Waals surface area contributed by atoms with Crippen LogP contribution < -0.4 is 10.6 Å². The molecule has 3 N–H and O–H groups in total. The van der Waals surface area contributed by atoms with Crippen molar-refractivity contribution >= 4 is 18.3 Å². The molecule has 0 radical (unpaired) electrons. The molecule has 0 saturated carbocycles. The van der Waals surface area contributed by atoms with E-state index >= 15 is 0 Å². The van der Waals surface area contributed by atoms with E-state index in [-0.39, 0.29) is 13.0 Å². The SMILES string of the molecule is O=CNCC(=O)NC1CC(=O)OC1O. The number of nitrogens with one attached hydrogen (secondary N) is 2. The van der Waals surface area contributed by atoms with E-state index in [1.54, 1.807) is 0 Å². The number of hydrogen-bond acceptors (Lipinski definition) is 5. The number of rotatable bonds is 4. The van der Waals surface area contributed by atoms with Crippen molar-refractivity contribution in [2.45, 2.75) is 18.8 Å². The van der Waals surface area contributed by atoms with Gasteiger partial charge in [0, 0.05) is 0 Å².